The quantitative estimate of drug-likeness (QED) is 0.268. The van der Waals surface area contributed by atoms with Crippen LogP contribution in [-0.2, 0) is 17.4 Å². The van der Waals surface area contributed by atoms with E-state index in [-0.39, 0.29) is 47.9 Å². The normalized spacial score (nSPS) is 19.9. The van der Waals surface area contributed by atoms with Crippen LogP contribution in [0, 0.1) is 5.92 Å². The van der Waals surface area contributed by atoms with Crippen LogP contribution in [0.4, 0.5) is 13.2 Å². The molecule has 0 bridgehead atoms. The first-order valence-electron chi connectivity index (χ1n) is 10.1. The Kier molecular flexibility index (Phi) is 11.4. The van der Waals surface area contributed by atoms with Crippen LogP contribution in [0.25, 0.3) is 0 Å². The van der Waals surface area contributed by atoms with Crippen molar-refractivity contribution in [3.63, 3.8) is 0 Å². The molecule has 1 heterocycles. The number of aromatic nitrogens is 1. The Hall–Kier alpha value is -1.11. The standard InChI is InChI=1S/C19H30F3N5OS.HI/c1-4-23-18(24-9-8-16-27-15(11-29-16)19(20,21)22)26-14-7-5-6-13(10-14)17(28)25-12(2)3;/h11-14H,4-10H2,1-3H3,(H,25,28)(H2,23,24,26);1H. The number of rotatable bonds is 7. The second kappa shape index (κ2) is 12.7. The van der Waals surface area contributed by atoms with Crippen LogP contribution in [0.5, 0.6) is 0 Å². The lowest BCUT2D eigenvalue weighted by atomic mass is 9.85. The first kappa shape index (κ1) is 26.9. The predicted molar refractivity (Wildman–Crippen MR) is 124 cm³/mol. The van der Waals surface area contributed by atoms with E-state index in [0.29, 0.717) is 30.5 Å². The van der Waals surface area contributed by atoms with Gasteiger partial charge in [-0.05, 0) is 40.0 Å². The highest BCUT2D eigenvalue weighted by Crippen LogP contribution is 2.30. The summed E-state index contributed by atoms with van der Waals surface area (Å²) in [5, 5.41) is 11.0. The van der Waals surface area contributed by atoms with Crippen molar-refractivity contribution in [1.82, 2.24) is 20.9 Å². The SMILES string of the molecule is CCNC(=NCCc1nc(C(F)(F)F)cs1)NC1CCCC(C(=O)NC(C)C)C1.I. The molecular weight excluding hydrogens is 530 g/mol. The number of nitrogens with zero attached hydrogens (tertiary/aromatic N) is 2. The molecule has 1 aromatic rings. The van der Waals surface area contributed by atoms with Crippen LogP contribution in [0.2, 0.25) is 0 Å². The number of nitrogens with one attached hydrogen (secondary N) is 3. The van der Waals surface area contributed by atoms with Crippen molar-refractivity contribution >= 4 is 47.2 Å². The van der Waals surface area contributed by atoms with Gasteiger partial charge in [-0.3, -0.25) is 9.79 Å². The van der Waals surface area contributed by atoms with Gasteiger partial charge in [0.05, 0.1) is 5.01 Å². The lowest BCUT2D eigenvalue weighted by Crippen LogP contribution is -2.47. The van der Waals surface area contributed by atoms with E-state index in [1.54, 1.807) is 0 Å². The Morgan fingerprint density at radius 3 is 2.70 bits per heavy atom. The van der Waals surface area contributed by atoms with Crippen molar-refractivity contribution in [3.05, 3.63) is 16.1 Å². The summed E-state index contributed by atoms with van der Waals surface area (Å²) < 4.78 is 37.9. The average Bonchev–Trinajstić information content (AvgIpc) is 3.11. The minimum Gasteiger partial charge on any atom is -0.357 e. The van der Waals surface area contributed by atoms with E-state index in [1.165, 1.54) is 0 Å². The lowest BCUT2D eigenvalue weighted by molar-refractivity contribution is -0.140. The van der Waals surface area contributed by atoms with Gasteiger partial charge in [0.2, 0.25) is 5.91 Å². The molecular formula is C19H31F3IN5OS. The largest absolute Gasteiger partial charge is 0.434 e. The van der Waals surface area contributed by atoms with E-state index in [1.807, 2.05) is 20.8 Å². The minimum atomic E-state index is -4.41. The molecule has 0 aromatic carbocycles. The van der Waals surface area contributed by atoms with E-state index >= 15 is 0 Å². The van der Waals surface area contributed by atoms with Crippen molar-refractivity contribution in [2.75, 3.05) is 13.1 Å². The number of thiazole rings is 1. The predicted octanol–water partition coefficient (Wildman–Crippen LogP) is 3.96. The van der Waals surface area contributed by atoms with Crippen LogP contribution in [0.3, 0.4) is 0 Å². The number of guanidine groups is 1. The Morgan fingerprint density at radius 2 is 2.10 bits per heavy atom. The number of carbonyl (C=O) groups excluding carboxylic acids is 1. The van der Waals surface area contributed by atoms with Crippen LogP contribution >= 0.6 is 35.3 Å². The Bertz CT molecular complexity index is 696. The summed E-state index contributed by atoms with van der Waals surface area (Å²) in [6, 6.07) is 0.264. The topological polar surface area (TPSA) is 78.4 Å². The third kappa shape index (κ3) is 8.94. The highest BCUT2D eigenvalue weighted by molar-refractivity contribution is 14.0. The van der Waals surface area contributed by atoms with E-state index in [0.717, 1.165) is 42.4 Å². The Labute approximate surface area is 196 Å². The monoisotopic (exact) mass is 561 g/mol. The lowest BCUT2D eigenvalue weighted by Gasteiger charge is -2.30. The molecule has 3 N–H and O–H groups in total. The summed E-state index contributed by atoms with van der Waals surface area (Å²) in [4.78, 5) is 20.4. The number of aliphatic imine (C=N–C) groups is 1. The molecule has 1 aliphatic carbocycles. The summed E-state index contributed by atoms with van der Waals surface area (Å²) in [6.07, 6.45) is -0.514. The molecule has 11 heteroatoms. The summed E-state index contributed by atoms with van der Waals surface area (Å²) >= 11 is 1.000. The Balaban J connectivity index is 0.00000450. The van der Waals surface area contributed by atoms with Gasteiger partial charge in [0.1, 0.15) is 0 Å². The van der Waals surface area contributed by atoms with Gasteiger partial charge in [0, 0.05) is 42.9 Å². The second-order valence-electron chi connectivity index (χ2n) is 7.50. The number of hydrogen-bond donors (Lipinski definition) is 3. The maximum Gasteiger partial charge on any atom is 0.434 e. The van der Waals surface area contributed by atoms with Crippen molar-refractivity contribution in [3.8, 4) is 0 Å². The number of amides is 1. The summed E-state index contributed by atoms with van der Waals surface area (Å²) in [5.74, 6) is 0.704. The van der Waals surface area contributed by atoms with E-state index in [2.05, 4.69) is 25.9 Å². The molecule has 2 rings (SSSR count). The molecule has 6 nitrogen and oxygen atoms in total. The summed E-state index contributed by atoms with van der Waals surface area (Å²) in [6.45, 7) is 6.86. The van der Waals surface area contributed by atoms with Gasteiger partial charge in [0.15, 0.2) is 11.7 Å². The van der Waals surface area contributed by atoms with Crippen LogP contribution < -0.4 is 16.0 Å². The minimum absolute atomic E-state index is 0. The van der Waals surface area contributed by atoms with Gasteiger partial charge in [0.25, 0.3) is 0 Å². The van der Waals surface area contributed by atoms with E-state index in [9.17, 15) is 18.0 Å². The highest BCUT2D eigenvalue weighted by atomic mass is 127. The first-order chi connectivity index (χ1) is 13.7. The molecule has 0 saturated heterocycles. The fourth-order valence-electron chi connectivity index (χ4n) is 3.29. The second-order valence-corrected chi connectivity index (χ2v) is 8.45. The van der Waals surface area contributed by atoms with Gasteiger partial charge < -0.3 is 16.0 Å². The molecule has 1 amide bonds. The van der Waals surface area contributed by atoms with Gasteiger partial charge in [-0.15, -0.1) is 35.3 Å². The van der Waals surface area contributed by atoms with Gasteiger partial charge in [-0.25, -0.2) is 4.98 Å². The third-order valence-corrected chi connectivity index (χ3v) is 5.51. The maximum atomic E-state index is 12.6. The van der Waals surface area contributed by atoms with Gasteiger partial charge in [-0.2, -0.15) is 13.2 Å². The molecule has 2 atom stereocenters. The summed E-state index contributed by atoms with van der Waals surface area (Å²) in [7, 11) is 0. The summed E-state index contributed by atoms with van der Waals surface area (Å²) in [5.41, 5.74) is -0.848. The zero-order valence-electron chi connectivity index (χ0n) is 17.5. The zero-order valence-corrected chi connectivity index (χ0v) is 20.7. The average molecular weight is 561 g/mol. The van der Waals surface area contributed by atoms with Crippen molar-refractivity contribution < 1.29 is 18.0 Å². The van der Waals surface area contributed by atoms with Gasteiger partial charge >= 0.3 is 6.18 Å². The molecule has 1 fully saturated rings. The van der Waals surface area contributed by atoms with Crippen LogP contribution in [0.15, 0.2) is 10.4 Å². The van der Waals surface area contributed by atoms with E-state index < -0.39 is 11.9 Å². The van der Waals surface area contributed by atoms with Crippen molar-refractivity contribution in [1.29, 1.82) is 0 Å². The molecule has 0 radical (unpaired) electrons. The Morgan fingerprint density at radius 1 is 1.37 bits per heavy atom. The highest BCUT2D eigenvalue weighted by Gasteiger charge is 2.33. The molecule has 0 spiro atoms. The van der Waals surface area contributed by atoms with Crippen LogP contribution in [0.1, 0.15) is 57.2 Å². The first-order valence-corrected chi connectivity index (χ1v) is 10.9. The number of halogens is 4. The number of hydrogen-bond acceptors (Lipinski definition) is 4. The molecule has 0 aliphatic heterocycles. The number of carbonyl (C=O) groups is 1. The fraction of sp³-hybridized carbons (Fsp3) is 0.737. The third-order valence-electron chi connectivity index (χ3n) is 4.60. The number of alkyl halides is 3. The maximum absolute atomic E-state index is 12.6. The van der Waals surface area contributed by atoms with Crippen LogP contribution in [-0.4, -0.2) is 42.0 Å². The molecule has 1 aromatic heterocycles. The molecule has 30 heavy (non-hydrogen) atoms. The van der Waals surface area contributed by atoms with Gasteiger partial charge in [-0.1, -0.05) is 6.42 Å². The van der Waals surface area contributed by atoms with E-state index in [4.69, 9.17) is 0 Å². The van der Waals surface area contributed by atoms with Crippen molar-refractivity contribution in [2.24, 2.45) is 10.9 Å². The van der Waals surface area contributed by atoms with Crippen molar-refractivity contribution in [2.45, 2.75) is 71.1 Å². The zero-order chi connectivity index (χ0) is 21.4. The smallest absolute Gasteiger partial charge is 0.357 e. The molecule has 1 aliphatic rings. The molecule has 1 saturated carbocycles. The molecule has 2 unspecified atom stereocenters. The fourth-order valence-corrected chi connectivity index (χ4v) is 4.09. The molecule has 172 valence electrons.